The number of halogens is 2. The number of rotatable bonds is 5. The molecular weight excluding hydrogens is 349 g/mol. The molecular formula is C18H15ClFNO2S. The van der Waals surface area contributed by atoms with Crippen molar-refractivity contribution in [1.82, 2.24) is 4.57 Å². The van der Waals surface area contributed by atoms with Crippen LogP contribution in [0.3, 0.4) is 0 Å². The molecule has 1 aromatic heterocycles. The Balaban J connectivity index is 2.19. The van der Waals surface area contributed by atoms with E-state index < -0.39 is 5.97 Å². The number of carbonyl (C=O) groups is 1. The van der Waals surface area contributed by atoms with E-state index in [2.05, 4.69) is 0 Å². The lowest BCUT2D eigenvalue weighted by Gasteiger charge is -2.11. The van der Waals surface area contributed by atoms with Crippen LogP contribution in [-0.4, -0.2) is 21.9 Å². The molecule has 0 aliphatic carbocycles. The summed E-state index contributed by atoms with van der Waals surface area (Å²) in [5.74, 6) is -1.24. The summed E-state index contributed by atoms with van der Waals surface area (Å²) in [5, 5.41) is 10.7. The van der Waals surface area contributed by atoms with Crippen molar-refractivity contribution in [2.24, 2.45) is 0 Å². The Bertz CT molecular complexity index is 906. The van der Waals surface area contributed by atoms with Crippen molar-refractivity contribution in [2.45, 2.75) is 17.9 Å². The fourth-order valence-electron chi connectivity index (χ4n) is 2.85. The minimum atomic E-state index is -0.911. The summed E-state index contributed by atoms with van der Waals surface area (Å²) >= 11 is 7.36. The van der Waals surface area contributed by atoms with Gasteiger partial charge in [0.2, 0.25) is 0 Å². The van der Waals surface area contributed by atoms with Gasteiger partial charge in [-0.15, -0.1) is 11.8 Å². The molecule has 0 saturated carbocycles. The molecule has 0 fully saturated rings. The van der Waals surface area contributed by atoms with Crippen LogP contribution in [0.5, 0.6) is 0 Å². The van der Waals surface area contributed by atoms with Crippen molar-refractivity contribution in [2.75, 3.05) is 6.26 Å². The van der Waals surface area contributed by atoms with E-state index in [1.807, 2.05) is 23.0 Å². The molecule has 3 rings (SSSR count). The molecule has 3 nitrogen and oxygen atoms in total. The second-order valence-electron chi connectivity index (χ2n) is 5.42. The predicted octanol–water partition coefficient (Wildman–Crippen LogP) is 4.83. The Labute approximate surface area is 148 Å². The van der Waals surface area contributed by atoms with Crippen molar-refractivity contribution in [3.63, 3.8) is 0 Å². The van der Waals surface area contributed by atoms with Crippen molar-refractivity contribution >= 4 is 40.2 Å². The highest BCUT2D eigenvalue weighted by molar-refractivity contribution is 7.98. The van der Waals surface area contributed by atoms with Gasteiger partial charge in [-0.3, -0.25) is 4.79 Å². The van der Waals surface area contributed by atoms with Gasteiger partial charge in [0.25, 0.3) is 0 Å². The topological polar surface area (TPSA) is 42.2 Å². The quantitative estimate of drug-likeness (QED) is 0.660. The third-order valence-electron chi connectivity index (χ3n) is 3.86. The monoisotopic (exact) mass is 363 g/mol. The molecule has 0 aliphatic heterocycles. The lowest BCUT2D eigenvalue weighted by Crippen LogP contribution is -2.10. The first-order chi connectivity index (χ1) is 11.5. The second kappa shape index (κ2) is 6.87. The smallest absolute Gasteiger partial charge is 0.309 e. The zero-order chi connectivity index (χ0) is 17.3. The van der Waals surface area contributed by atoms with E-state index in [0.717, 1.165) is 21.4 Å². The van der Waals surface area contributed by atoms with E-state index in [0.29, 0.717) is 17.3 Å². The summed E-state index contributed by atoms with van der Waals surface area (Å²) in [6.45, 7) is 0.502. The number of hydrogen-bond acceptors (Lipinski definition) is 2. The molecule has 0 spiro atoms. The van der Waals surface area contributed by atoms with Gasteiger partial charge in [0.15, 0.2) is 0 Å². The van der Waals surface area contributed by atoms with Gasteiger partial charge in [-0.05, 0) is 42.2 Å². The first-order valence-corrected chi connectivity index (χ1v) is 8.90. The highest BCUT2D eigenvalue weighted by Crippen LogP contribution is 2.34. The highest BCUT2D eigenvalue weighted by Gasteiger charge is 2.19. The van der Waals surface area contributed by atoms with Gasteiger partial charge in [0.05, 0.1) is 6.42 Å². The number of carboxylic acids is 1. The number of fused-ring (bicyclic) bond motifs is 1. The van der Waals surface area contributed by atoms with Crippen LogP contribution in [0.4, 0.5) is 4.39 Å². The summed E-state index contributed by atoms with van der Waals surface area (Å²) in [4.78, 5) is 12.1. The Kier molecular flexibility index (Phi) is 4.83. The van der Waals surface area contributed by atoms with E-state index in [4.69, 9.17) is 11.6 Å². The number of carboxylic acid groups (broad SMARTS) is 1. The normalized spacial score (nSPS) is 11.1. The molecule has 0 aliphatic rings. The molecule has 0 unspecified atom stereocenters. The molecule has 124 valence electrons. The minimum absolute atomic E-state index is 0.111. The summed E-state index contributed by atoms with van der Waals surface area (Å²) in [5.41, 5.74) is 2.51. The number of thioether (sulfide) groups is 1. The maximum Gasteiger partial charge on any atom is 0.309 e. The van der Waals surface area contributed by atoms with Crippen LogP contribution in [0.1, 0.15) is 11.3 Å². The number of benzene rings is 2. The average molecular weight is 364 g/mol. The second-order valence-corrected chi connectivity index (χ2v) is 6.68. The molecule has 24 heavy (non-hydrogen) atoms. The van der Waals surface area contributed by atoms with E-state index in [-0.39, 0.29) is 12.2 Å². The van der Waals surface area contributed by atoms with Gasteiger partial charge >= 0.3 is 5.97 Å². The molecule has 0 saturated heterocycles. The molecule has 0 amide bonds. The van der Waals surface area contributed by atoms with Crippen LogP contribution in [0.15, 0.2) is 47.4 Å². The Morgan fingerprint density at radius 3 is 2.58 bits per heavy atom. The summed E-state index contributed by atoms with van der Waals surface area (Å²) in [6.07, 6.45) is 1.76. The van der Waals surface area contributed by atoms with Crippen LogP contribution >= 0.6 is 23.4 Å². The summed E-state index contributed by atoms with van der Waals surface area (Å²) < 4.78 is 15.6. The fourth-order valence-corrected chi connectivity index (χ4v) is 3.78. The lowest BCUT2D eigenvalue weighted by molar-refractivity contribution is -0.136. The van der Waals surface area contributed by atoms with Gasteiger partial charge < -0.3 is 9.67 Å². The SMILES string of the molecule is CSc1c(CC(=O)O)n(Cc2ccc(Cl)cc2)c2ccc(F)cc12. The van der Waals surface area contributed by atoms with Crippen molar-refractivity contribution in [3.05, 3.63) is 64.6 Å². The fraction of sp³-hybridized carbons (Fsp3) is 0.167. The minimum Gasteiger partial charge on any atom is -0.481 e. The van der Waals surface area contributed by atoms with Crippen molar-refractivity contribution < 1.29 is 14.3 Å². The number of hydrogen-bond donors (Lipinski definition) is 1. The molecule has 1 heterocycles. The molecule has 0 radical (unpaired) electrons. The Hall–Kier alpha value is -1.98. The van der Waals surface area contributed by atoms with Gasteiger partial charge in [0.1, 0.15) is 5.82 Å². The van der Waals surface area contributed by atoms with E-state index >= 15 is 0 Å². The van der Waals surface area contributed by atoms with E-state index in [9.17, 15) is 14.3 Å². The van der Waals surface area contributed by atoms with Gasteiger partial charge in [0, 0.05) is 33.1 Å². The van der Waals surface area contributed by atoms with Crippen molar-refractivity contribution in [1.29, 1.82) is 0 Å². The van der Waals surface area contributed by atoms with Gasteiger partial charge in [-0.2, -0.15) is 0 Å². The first kappa shape index (κ1) is 16.9. The first-order valence-electron chi connectivity index (χ1n) is 7.30. The average Bonchev–Trinajstić information content (AvgIpc) is 2.81. The maximum atomic E-state index is 13.7. The lowest BCUT2D eigenvalue weighted by atomic mass is 10.2. The van der Waals surface area contributed by atoms with Gasteiger partial charge in [-0.1, -0.05) is 23.7 Å². The van der Waals surface area contributed by atoms with Crippen LogP contribution in [0, 0.1) is 5.82 Å². The van der Waals surface area contributed by atoms with E-state index in [1.165, 1.54) is 23.9 Å². The zero-order valence-corrected chi connectivity index (χ0v) is 14.5. The van der Waals surface area contributed by atoms with Crippen molar-refractivity contribution in [3.8, 4) is 0 Å². The number of nitrogens with zero attached hydrogens (tertiary/aromatic N) is 1. The maximum absolute atomic E-state index is 13.7. The largest absolute Gasteiger partial charge is 0.481 e. The van der Waals surface area contributed by atoms with Gasteiger partial charge in [-0.25, -0.2) is 4.39 Å². The third kappa shape index (κ3) is 3.28. The Morgan fingerprint density at radius 2 is 1.96 bits per heavy atom. The standard InChI is InChI=1S/C18H15ClFNO2S/c1-24-18-14-8-13(20)6-7-15(14)21(16(18)9-17(22)23)10-11-2-4-12(19)5-3-11/h2-8H,9-10H2,1H3,(H,22,23). The zero-order valence-electron chi connectivity index (χ0n) is 12.9. The molecule has 1 N–H and O–H groups in total. The van der Waals surface area contributed by atoms with Crippen LogP contribution in [0.25, 0.3) is 10.9 Å². The molecule has 3 aromatic rings. The molecule has 6 heteroatoms. The van der Waals surface area contributed by atoms with Crippen LogP contribution in [0.2, 0.25) is 5.02 Å². The third-order valence-corrected chi connectivity index (χ3v) is 4.97. The van der Waals surface area contributed by atoms with E-state index in [1.54, 1.807) is 18.2 Å². The number of aromatic nitrogens is 1. The summed E-state index contributed by atoms with van der Waals surface area (Å²) in [6, 6.07) is 12.0. The predicted molar refractivity (Wildman–Crippen MR) is 95.6 cm³/mol. The number of aliphatic carboxylic acids is 1. The molecule has 2 aromatic carbocycles. The molecule has 0 atom stereocenters. The van der Waals surface area contributed by atoms with Crippen LogP contribution in [-0.2, 0) is 17.8 Å². The molecule has 0 bridgehead atoms. The highest BCUT2D eigenvalue weighted by atomic mass is 35.5. The Morgan fingerprint density at radius 1 is 1.25 bits per heavy atom. The summed E-state index contributed by atoms with van der Waals surface area (Å²) in [7, 11) is 0. The van der Waals surface area contributed by atoms with Crippen LogP contribution < -0.4 is 0 Å².